The zero-order valence-electron chi connectivity index (χ0n) is 9.06. The molecule has 4 nitrogen and oxygen atoms in total. The fourth-order valence-electron chi connectivity index (χ4n) is 1.90. The summed E-state index contributed by atoms with van der Waals surface area (Å²) < 4.78 is 4.93. The highest BCUT2D eigenvalue weighted by atomic mass is 16.3. The molecule has 15 heavy (non-hydrogen) atoms. The molecule has 1 N–H and O–H groups in total. The number of piperazine rings is 1. The predicted octanol–water partition coefficient (Wildman–Crippen LogP) is 1.10. The highest BCUT2D eigenvalue weighted by molar-refractivity contribution is 5.94. The van der Waals surface area contributed by atoms with E-state index in [2.05, 4.69) is 19.2 Å². The number of nitrogens with zero attached hydrogens (tertiary/aromatic N) is 1. The molecule has 2 rings (SSSR count). The maximum absolute atomic E-state index is 12.1. The van der Waals surface area contributed by atoms with Crippen molar-refractivity contribution in [3.63, 3.8) is 0 Å². The Bertz CT molecular complexity index is 334. The molecule has 0 aliphatic carbocycles. The van der Waals surface area contributed by atoms with Crippen molar-refractivity contribution in [3.05, 3.63) is 24.2 Å². The summed E-state index contributed by atoms with van der Waals surface area (Å²) in [6.45, 7) is 5.78. The molecule has 82 valence electrons. The van der Waals surface area contributed by atoms with Crippen LogP contribution >= 0.6 is 0 Å². The Labute approximate surface area is 89.2 Å². The van der Waals surface area contributed by atoms with E-state index in [-0.39, 0.29) is 11.9 Å². The quantitative estimate of drug-likeness (QED) is 0.751. The second-order valence-electron chi connectivity index (χ2n) is 3.99. The maximum Gasteiger partial charge on any atom is 0.257 e. The van der Waals surface area contributed by atoms with Crippen LogP contribution in [0.5, 0.6) is 0 Å². The first-order valence-electron chi connectivity index (χ1n) is 5.26. The molecule has 1 aromatic rings. The van der Waals surface area contributed by atoms with Gasteiger partial charge in [0.1, 0.15) is 6.26 Å². The van der Waals surface area contributed by atoms with Crippen molar-refractivity contribution in [1.29, 1.82) is 0 Å². The monoisotopic (exact) mass is 208 g/mol. The van der Waals surface area contributed by atoms with Crippen LogP contribution in [0.15, 0.2) is 23.0 Å². The average molecular weight is 208 g/mol. The van der Waals surface area contributed by atoms with E-state index in [9.17, 15) is 4.79 Å². The number of furan rings is 1. The zero-order chi connectivity index (χ0) is 10.8. The van der Waals surface area contributed by atoms with Gasteiger partial charge in [-0.05, 0) is 19.9 Å². The molecule has 0 bridgehead atoms. The zero-order valence-corrected chi connectivity index (χ0v) is 9.06. The third-order valence-electron chi connectivity index (χ3n) is 3.06. The summed E-state index contributed by atoms with van der Waals surface area (Å²) in [4.78, 5) is 13.9. The van der Waals surface area contributed by atoms with Crippen molar-refractivity contribution in [2.45, 2.75) is 25.9 Å². The number of rotatable bonds is 1. The first-order valence-corrected chi connectivity index (χ1v) is 5.26. The van der Waals surface area contributed by atoms with Crippen molar-refractivity contribution in [3.8, 4) is 0 Å². The van der Waals surface area contributed by atoms with Crippen LogP contribution in [0, 0.1) is 0 Å². The van der Waals surface area contributed by atoms with E-state index in [1.807, 2.05) is 4.90 Å². The summed E-state index contributed by atoms with van der Waals surface area (Å²) >= 11 is 0. The summed E-state index contributed by atoms with van der Waals surface area (Å²) in [7, 11) is 0. The van der Waals surface area contributed by atoms with Crippen LogP contribution < -0.4 is 5.32 Å². The summed E-state index contributed by atoms with van der Waals surface area (Å²) in [5, 5.41) is 3.34. The van der Waals surface area contributed by atoms with Crippen molar-refractivity contribution in [1.82, 2.24) is 10.2 Å². The van der Waals surface area contributed by atoms with E-state index in [4.69, 9.17) is 4.42 Å². The minimum Gasteiger partial charge on any atom is -0.472 e. The largest absolute Gasteiger partial charge is 0.472 e. The fraction of sp³-hybridized carbons (Fsp3) is 0.545. The Morgan fingerprint density at radius 1 is 1.60 bits per heavy atom. The molecule has 0 spiro atoms. The number of amides is 1. The Kier molecular flexibility index (Phi) is 2.77. The highest BCUT2D eigenvalue weighted by Gasteiger charge is 2.28. The van der Waals surface area contributed by atoms with Gasteiger partial charge in [-0.15, -0.1) is 0 Å². The molecule has 1 saturated heterocycles. The molecular weight excluding hydrogens is 192 g/mol. The topological polar surface area (TPSA) is 45.5 Å². The lowest BCUT2D eigenvalue weighted by Crippen LogP contribution is -2.57. The van der Waals surface area contributed by atoms with Crippen LogP contribution in [0.4, 0.5) is 0 Å². The van der Waals surface area contributed by atoms with E-state index in [0.717, 1.165) is 13.1 Å². The van der Waals surface area contributed by atoms with Gasteiger partial charge in [-0.3, -0.25) is 4.79 Å². The molecule has 2 heterocycles. The normalized spacial score (nSPS) is 26.7. The minimum atomic E-state index is 0.0598. The highest BCUT2D eigenvalue weighted by Crippen LogP contribution is 2.13. The number of carbonyl (C=O) groups excluding carboxylic acids is 1. The van der Waals surface area contributed by atoms with Crippen LogP contribution in [-0.4, -0.2) is 36.0 Å². The third kappa shape index (κ3) is 1.90. The van der Waals surface area contributed by atoms with Gasteiger partial charge in [-0.25, -0.2) is 0 Å². The SMILES string of the molecule is CC1NCCN(C(=O)c2ccoc2)C1C. The van der Waals surface area contributed by atoms with Crippen molar-refractivity contribution in [2.75, 3.05) is 13.1 Å². The lowest BCUT2D eigenvalue weighted by molar-refractivity contribution is 0.0602. The molecule has 1 fully saturated rings. The summed E-state index contributed by atoms with van der Waals surface area (Å²) in [6.07, 6.45) is 3.03. The fourth-order valence-corrected chi connectivity index (χ4v) is 1.90. The second kappa shape index (κ2) is 4.06. The van der Waals surface area contributed by atoms with Gasteiger partial charge in [-0.2, -0.15) is 0 Å². The van der Waals surface area contributed by atoms with Gasteiger partial charge in [-0.1, -0.05) is 0 Å². The molecule has 1 aliphatic heterocycles. The lowest BCUT2D eigenvalue weighted by atomic mass is 10.1. The van der Waals surface area contributed by atoms with Crippen LogP contribution in [0.25, 0.3) is 0 Å². The van der Waals surface area contributed by atoms with E-state index >= 15 is 0 Å². The van der Waals surface area contributed by atoms with Crippen LogP contribution in [0.1, 0.15) is 24.2 Å². The molecule has 1 amide bonds. The standard InChI is InChI=1S/C11H16N2O2/c1-8-9(2)13(5-4-12-8)11(14)10-3-6-15-7-10/h3,6-9,12H,4-5H2,1-2H3. The number of hydrogen-bond acceptors (Lipinski definition) is 3. The van der Waals surface area contributed by atoms with Gasteiger partial charge in [0.25, 0.3) is 5.91 Å². The Morgan fingerprint density at radius 2 is 2.40 bits per heavy atom. The van der Waals surface area contributed by atoms with Crippen LogP contribution in [-0.2, 0) is 0 Å². The Balaban J connectivity index is 2.13. The van der Waals surface area contributed by atoms with Crippen molar-refractivity contribution in [2.24, 2.45) is 0 Å². The first kappa shape index (κ1) is 10.2. The summed E-state index contributed by atoms with van der Waals surface area (Å²) in [6, 6.07) is 2.28. The molecule has 4 heteroatoms. The molecule has 1 aromatic heterocycles. The molecule has 0 radical (unpaired) electrons. The van der Waals surface area contributed by atoms with E-state index in [0.29, 0.717) is 11.6 Å². The van der Waals surface area contributed by atoms with E-state index < -0.39 is 0 Å². The van der Waals surface area contributed by atoms with Crippen LogP contribution in [0.2, 0.25) is 0 Å². The molecule has 1 aliphatic rings. The average Bonchev–Trinajstić information content (AvgIpc) is 2.74. The molecule has 0 aromatic carbocycles. The summed E-state index contributed by atoms with van der Waals surface area (Å²) in [5.41, 5.74) is 0.635. The lowest BCUT2D eigenvalue weighted by Gasteiger charge is -2.38. The van der Waals surface area contributed by atoms with Crippen molar-refractivity contribution >= 4 is 5.91 Å². The van der Waals surface area contributed by atoms with Gasteiger partial charge in [0.05, 0.1) is 11.8 Å². The third-order valence-corrected chi connectivity index (χ3v) is 3.06. The van der Waals surface area contributed by atoms with Gasteiger partial charge in [0, 0.05) is 25.2 Å². The molecular formula is C11H16N2O2. The number of carbonyl (C=O) groups is 1. The Hall–Kier alpha value is -1.29. The maximum atomic E-state index is 12.1. The van der Waals surface area contributed by atoms with Gasteiger partial charge in [0.15, 0.2) is 0 Å². The number of hydrogen-bond donors (Lipinski definition) is 1. The number of nitrogens with one attached hydrogen (secondary N) is 1. The second-order valence-corrected chi connectivity index (χ2v) is 3.99. The first-order chi connectivity index (χ1) is 7.20. The summed E-state index contributed by atoms with van der Waals surface area (Å²) in [5.74, 6) is 0.0598. The smallest absolute Gasteiger partial charge is 0.257 e. The van der Waals surface area contributed by atoms with E-state index in [1.165, 1.54) is 12.5 Å². The predicted molar refractivity (Wildman–Crippen MR) is 56.7 cm³/mol. The van der Waals surface area contributed by atoms with Gasteiger partial charge >= 0.3 is 0 Å². The van der Waals surface area contributed by atoms with E-state index in [1.54, 1.807) is 6.07 Å². The Morgan fingerprint density at radius 3 is 3.07 bits per heavy atom. The minimum absolute atomic E-state index is 0.0598. The van der Waals surface area contributed by atoms with Gasteiger partial charge < -0.3 is 14.6 Å². The molecule has 2 atom stereocenters. The van der Waals surface area contributed by atoms with Crippen LogP contribution in [0.3, 0.4) is 0 Å². The van der Waals surface area contributed by atoms with Gasteiger partial charge in [0.2, 0.25) is 0 Å². The molecule has 0 saturated carbocycles. The van der Waals surface area contributed by atoms with Crippen molar-refractivity contribution < 1.29 is 9.21 Å². The molecule has 2 unspecified atom stereocenters.